The highest BCUT2D eigenvalue weighted by atomic mass is 79.9. The molecule has 0 spiro atoms. The fourth-order valence-corrected chi connectivity index (χ4v) is 3.17. The van der Waals surface area contributed by atoms with E-state index in [0.717, 1.165) is 5.69 Å². The first-order valence-corrected chi connectivity index (χ1v) is 7.69. The molecule has 0 aliphatic carbocycles. The van der Waals surface area contributed by atoms with Crippen LogP contribution >= 0.6 is 27.3 Å². The van der Waals surface area contributed by atoms with Crippen molar-refractivity contribution in [2.45, 2.75) is 33.9 Å². The lowest BCUT2D eigenvalue weighted by Crippen LogP contribution is -2.23. The van der Waals surface area contributed by atoms with E-state index < -0.39 is 0 Å². The van der Waals surface area contributed by atoms with E-state index >= 15 is 0 Å². The van der Waals surface area contributed by atoms with Crippen molar-refractivity contribution < 1.29 is 0 Å². The second-order valence-corrected chi connectivity index (χ2v) is 6.43. The first kappa shape index (κ1) is 14.3. The molecular weight excluding hydrogens is 326 g/mol. The molecule has 0 aliphatic heterocycles. The van der Waals surface area contributed by atoms with E-state index in [-0.39, 0.29) is 5.56 Å². The Morgan fingerprint density at radius 1 is 1.47 bits per heavy atom. The van der Waals surface area contributed by atoms with Crippen molar-refractivity contribution in [1.29, 1.82) is 0 Å². The van der Waals surface area contributed by atoms with Crippen LogP contribution in [0.15, 0.2) is 21.5 Å². The normalized spacial score (nSPS) is 10.7. The van der Waals surface area contributed by atoms with E-state index in [4.69, 9.17) is 0 Å². The van der Waals surface area contributed by atoms with E-state index in [0.29, 0.717) is 17.6 Å². The monoisotopic (exact) mass is 341 g/mol. The summed E-state index contributed by atoms with van der Waals surface area (Å²) >= 11 is 5.10. The third kappa shape index (κ3) is 3.06. The second kappa shape index (κ2) is 5.88. The standard InChI is InChI=1S/C13H16BrN3OS/c1-4-17-13(18)12(14)11(7-16-17)15-6-10-5-8(2)9(3)19-10/h5,7,15H,4,6H2,1-3H3. The van der Waals surface area contributed by atoms with Crippen LogP contribution in [0.25, 0.3) is 0 Å². The molecule has 4 nitrogen and oxygen atoms in total. The van der Waals surface area contributed by atoms with Gasteiger partial charge in [-0.05, 0) is 48.3 Å². The number of thiophene rings is 1. The fraction of sp³-hybridized carbons (Fsp3) is 0.385. The van der Waals surface area contributed by atoms with Crippen LogP contribution in [0.1, 0.15) is 22.2 Å². The van der Waals surface area contributed by atoms with Crippen molar-refractivity contribution in [2.24, 2.45) is 0 Å². The van der Waals surface area contributed by atoms with Gasteiger partial charge in [0.05, 0.1) is 11.9 Å². The third-order valence-corrected chi connectivity index (χ3v) is 4.87. The molecule has 0 unspecified atom stereocenters. The summed E-state index contributed by atoms with van der Waals surface area (Å²) in [5.74, 6) is 0. The molecule has 0 saturated carbocycles. The van der Waals surface area contributed by atoms with Gasteiger partial charge in [0.2, 0.25) is 0 Å². The molecule has 0 atom stereocenters. The van der Waals surface area contributed by atoms with Crippen molar-refractivity contribution >= 4 is 33.0 Å². The highest BCUT2D eigenvalue weighted by molar-refractivity contribution is 9.10. The molecule has 2 aromatic rings. The quantitative estimate of drug-likeness (QED) is 0.927. The van der Waals surface area contributed by atoms with Crippen LogP contribution in [0.3, 0.4) is 0 Å². The minimum absolute atomic E-state index is 0.106. The maximum absolute atomic E-state index is 11.9. The van der Waals surface area contributed by atoms with Crippen LogP contribution in [0, 0.1) is 13.8 Å². The number of hydrogen-bond donors (Lipinski definition) is 1. The zero-order chi connectivity index (χ0) is 14.0. The van der Waals surface area contributed by atoms with E-state index in [2.05, 4.69) is 46.3 Å². The summed E-state index contributed by atoms with van der Waals surface area (Å²) < 4.78 is 1.96. The Bertz CT molecular complexity index is 628. The Balaban J connectivity index is 2.16. The summed E-state index contributed by atoms with van der Waals surface area (Å²) in [4.78, 5) is 14.5. The summed E-state index contributed by atoms with van der Waals surface area (Å²) in [6.07, 6.45) is 1.68. The minimum atomic E-state index is -0.106. The molecule has 0 radical (unpaired) electrons. The van der Waals surface area contributed by atoms with Gasteiger partial charge >= 0.3 is 0 Å². The largest absolute Gasteiger partial charge is 0.378 e. The summed E-state index contributed by atoms with van der Waals surface area (Å²) in [6.45, 7) is 7.39. The van der Waals surface area contributed by atoms with Crippen molar-refractivity contribution in [1.82, 2.24) is 9.78 Å². The summed E-state index contributed by atoms with van der Waals surface area (Å²) in [6, 6.07) is 2.17. The molecule has 0 amide bonds. The number of nitrogens with zero attached hydrogens (tertiary/aromatic N) is 2. The smallest absolute Gasteiger partial charge is 0.283 e. The van der Waals surface area contributed by atoms with Crippen LogP contribution in [0.2, 0.25) is 0 Å². The minimum Gasteiger partial charge on any atom is -0.378 e. The van der Waals surface area contributed by atoms with Gasteiger partial charge < -0.3 is 5.32 Å². The van der Waals surface area contributed by atoms with Gasteiger partial charge in [-0.25, -0.2) is 4.68 Å². The van der Waals surface area contributed by atoms with E-state index in [1.165, 1.54) is 20.0 Å². The molecule has 19 heavy (non-hydrogen) atoms. The molecule has 2 heterocycles. The van der Waals surface area contributed by atoms with Gasteiger partial charge in [-0.1, -0.05) is 0 Å². The lowest BCUT2D eigenvalue weighted by atomic mass is 10.3. The van der Waals surface area contributed by atoms with Gasteiger partial charge in [-0.2, -0.15) is 5.10 Å². The van der Waals surface area contributed by atoms with E-state index in [1.54, 1.807) is 17.5 Å². The van der Waals surface area contributed by atoms with Gasteiger partial charge in [-0.3, -0.25) is 4.79 Å². The lowest BCUT2D eigenvalue weighted by Gasteiger charge is -2.08. The van der Waals surface area contributed by atoms with Crippen molar-refractivity contribution in [3.63, 3.8) is 0 Å². The van der Waals surface area contributed by atoms with Crippen LogP contribution in [0.5, 0.6) is 0 Å². The molecule has 0 fully saturated rings. The Kier molecular flexibility index (Phi) is 4.42. The molecule has 6 heteroatoms. The number of nitrogens with one attached hydrogen (secondary N) is 1. The zero-order valence-electron chi connectivity index (χ0n) is 11.2. The number of aromatic nitrogens is 2. The van der Waals surface area contributed by atoms with E-state index in [9.17, 15) is 4.79 Å². The maximum Gasteiger partial charge on any atom is 0.283 e. The molecule has 0 bridgehead atoms. The van der Waals surface area contributed by atoms with Crippen LogP contribution in [-0.4, -0.2) is 9.78 Å². The van der Waals surface area contributed by atoms with Gasteiger partial charge in [0.1, 0.15) is 4.47 Å². The van der Waals surface area contributed by atoms with Crippen LogP contribution < -0.4 is 10.9 Å². The Hall–Kier alpha value is -1.14. The molecule has 0 aromatic carbocycles. The Labute approximate surface area is 124 Å². The van der Waals surface area contributed by atoms with Gasteiger partial charge in [0.15, 0.2) is 0 Å². The maximum atomic E-state index is 11.9. The molecule has 2 rings (SSSR count). The van der Waals surface area contributed by atoms with Crippen LogP contribution in [-0.2, 0) is 13.1 Å². The first-order valence-electron chi connectivity index (χ1n) is 6.08. The third-order valence-electron chi connectivity index (χ3n) is 2.95. The number of halogens is 1. The second-order valence-electron chi connectivity index (χ2n) is 4.30. The van der Waals surface area contributed by atoms with Gasteiger partial charge in [0.25, 0.3) is 5.56 Å². The highest BCUT2D eigenvalue weighted by Gasteiger charge is 2.08. The Morgan fingerprint density at radius 2 is 2.21 bits per heavy atom. The molecule has 102 valence electrons. The van der Waals surface area contributed by atoms with Crippen molar-refractivity contribution in [2.75, 3.05) is 5.32 Å². The van der Waals surface area contributed by atoms with Gasteiger partial charge in [-0.15, -0.1) is 11.3 Å². The number of hydrogen-bond acceptors (Lipinski definition) is 4. The average molecular weight is 342 g/mol. The molecule has 0 saturated heterocycles. The average Bonchev–Trinajstić information content (AvgIpc) is 2.71. The predicted octanol–water partition coefficient (Wildman–Crippen LogP) is 3.32. The fourth-order valence-electron chi connectivity index (χ4n) is 1.73. The number of aryl methyl sites for hydroxylation is 3. The first-order chi connectivity index (χ1) is 9.02. The SMILES string of the molecule is CCn1ncc(NCc2cc(C)c(C)s2)c(Br)c1=O. The van der Waals surface area contributed by atoms with Crippen molar-refractivity contribution in [3.8, 4) is 0 Å². The summed E-state index contributed by atoms with van der Waals surface area (Å²) in [5.41, 5.74) is 1.94. The van der Waals surface area contributed by atoms with Crippen molar-refractivity contribution in [3.05, 3.63) is 42.4 Å². The highest BCUT2D eigenvalue weighted by Crippen LogP contribution is 2.23. The Morgan fingerprint density at radius 3 is 2.79 bits per heavy atom. The molecular formula is C13H16BrN3OS. The summed E-state index contributed by atoms with van der Waals surface area (Å²) in [5, 5.41) is 7.36. The molecule has 1 N–H and O–H groups in total. The number of rotatable bonds is 4. The molecule has 2 aromatic heterocycles. The summed E-state index contributed by atoms with van der Waals surface area (Å²) in [7, 11) is 0. The van der Waals surface area contributed by atoms with E-state index in [1.807, 2.05) is 6.92 Å². The van der Waals surface area contributed by atoms with Gasteiger partial charge in [0, 0.05) is 22.8 Å². The zero-order valence-corrected chi connectivity index (χ0v) is 13.6. The van der Waals surface area contributed by atoms with Crippen LogP contribution in [0.4, 0.5) is 5.69 Å². The number of anilines is 1. The molecule has 0 aliphatic rings. The predicted molar refractivity (Wildman–Crippen MR) is 83.0 cm³/mol. The topological polar surface area (TPSA) is 46.9 Å². The lowest BCUT2D eigenvalue weighted by molar-refractivity contribution is 0.613.